The van der Waals surface area contributed by atoms with Gasteiger partial charge in [-0.1, -0.05) is 0 Å². The summed E-state index contributed by atoms with van der Waals surface area (Å²) in [5, 5.41) is 74.7. The fourth-order valence-electron chi connectivity index (χ4n) is 2.05. The number of aliphatic hydroxyl groups excluding tert-OH is 8. The Morgan fingerprint density at radius 3 is 2.09 bits per heavy atom. The van der Waals surface area contributed by atoms with Gasteiger partial charge in [-0.2, -0.15) is 0 Å². The first-order valence-electron chi connectivity index (χ1n) is 6.86. The van der Waals surface area contributed by atoms with Crippen LogP contribution in [-0.2, 0) is 14.3 Å². The van der Waals surface area contributed by atoms with Crippen LogP contribution in [0.5, 0.6) is 0 Å². The highest BCUT2D eigenvalue weighted by Gasteiger charge is 2.46. The quantitative estimate of drug-likeness (QED) is 0.209. The van der Waals surface area contributed by atoms with E-state index in [1.54, 1.807) is 0 Å². The van der Waals surface area contributed by atoms with Crippen LogP contribution in [0.1, 0.15) is 0 Å². The van der Waals surface area contributed by atoms with Gasteiger partial charge in [0.15, 0.2) is 12.1 Å². The van der Waals surface area contributed by atoms with Gasteiger partial charge in [-0.3, -0.25) is 4.79 Å². The minimum absolute atomic E-state index is 0.731. The van der Waals surface area contributed by atoms with E-state index < -0.39 is 74.6 Å². The molecule has 1 saturated heterocycles. The SMILES string of the molecule is O=C(C(O)CO)[C@H](O[C@H]1O[C@H](CO)[C@@H](O)[C@H](O)[C@H]1O)[C@H](O)CO. The summed E-state index contributed by atoms with van der Waals surface area (Å²) in [5.74, 6) is -1.19. The van der Waals surface area contributed by atoms with Gasteiger partial charge in [0.25, 0.3) is 0 Å². The summed E-state index contributed by atoms with van der Waals surface area (Å²) in [5.41, 5.74) is 0. The Morgan fingerprint density at radius 1 is 1.00 bits per heavy atom. The van der Waals surface area contributed by atoms with Crippen molar-refractivity contribution in [2.45, 2.75) is 49.0 Å². The van der Waals surface area contributed by atoms with Gasteiger partial charge in [-0.25, -0.2) is 0 Å². The molecule has 8 N–H and O–H groups in total. The maximum absolute atomic E-state index is 11.8. The van der Waals surface area contributed by atoms with Crippen LogP contribution in [-0.4, -0.2) is 115 Å². The van der Waals surface area contributed by atoms with E-state index in [9.17, 15) is 30.3 Å². The molecule has 136 valence electrons. The lowest BCUT2D eigenvalue weighted by Crippen LogP contribution is -2.61. The first-order valence-corrected chi connectivity index (χ1v) is 6.86. The second-order valence-electron chi connectivity index (χ2n) is 5.10. The molecular weight excluding hydrogens is 320 g/mol. The van der Waals surface area contributed by atoms with Gasteiger partial charge < -0.3 is 50.3 Å². The van der Waals surface area contributed by atoms with Crippen molar-refractivity contribution in [3.63, 3.8) is 0 Å². The van der Waals surface area contributed by atoms with E-state index in [0.29, 0.717) is 0 Å². The molecule has 0 bridgehead atoms. The van der Waals surface area contributed by atoms with E-state index in [-0.39, 0.29) is 0 Å². The maximum atomic E-state index is 11.8. The highest BCUT2D eigenvalue weighted by molar-refractivity contribution is 5.87. The molecular formula is C12H22O11. The van der Waals surface area contributed by atoms with Crippen molar-refractivity contribution in [1.29, 1.82) is 0 Å². The van der Waals surface area contributed by atoms with Gasteiger partial charge in [0.2, 0.25) is 0 Å². The lowest BCUT2D eigenvalue weighted by atomic mass is 9.99. The van der Waals surface area contributed by atoms with Crippen LogP contribution in [0.15, 0.2) is 0 Å². The van der Waals surface area contributed by atoms with E-state index in [2.05, 4.69) is 0 Å². The van der Waals surface area contributed by atoms with E-state index in [0.717, 1.165) is 0 Å². The van der Waals surface area contributed by atoms with Crippen molar-refractivity contribution >= 4 is 5.78 Å². The van der Waals surface area contributed by atoms with Crippen LogP contribution < -0.4 is 0 Å². The van der Waals surface area contributed by atoms with Gasteiger partial charge in [-0.05, 0) is 0 Å². The van der Waals surface area contributed by atoms with Crippen molar-refractivity contribution in [1.82, 2.24) is 0 Å². The minimum Gasteiger partial charge on any atom is -0.394 e. The molecule has 0 amide bonds. The molecule has 1 aliphatic rings. The van der Waals surface area contributed by atoms with Crippen LogP contribution in [0.2, 0.25) is 0 Å². The molecule has 1 rings (SSSR count). The topological polar surface area (TPSA) is 197 Å². The summed E-state index contributed by atoms with van der Waals surface area (Å²) >= 11 is 0. The number of hydrogen-bond acceptors (Lipinski definition) is 11. The second-order valence-corrected chi connectivity index (χ2v) is 5.10. The van der Waals surface area contributed by atoms with E-state index in [1.807, 2.05) is 0 Å². The predicted octanol–water partition coefficient (Wildman–Crippen LogP) is -5.55. The monoisotopic (exact) mass is 342 g/mol. The molecule has 0 radical (unpaired) electrons. The molecule has 1 fully saturated rings. The molecule has 23 heavy (non-hydrogen) atoms. The average Bonchev–Trinajstić information content (AvgIpc) is 2.57. The fraction of sp³-hybridized carbons (Fsp3) is 0.917. The largest absolute Gasteiger partial charge is 0.394 e. The van der Waals surface area contributed by atoms with Crippen LogP contribution in [0.25, 0.3) is 0 Å². The zero-order valence-corrected chi connectivity index (χ0v) is 12.0. The molecule has 0 aromatic carbocycles. The Bertz CT molecular complexity index is 376. The Hall–Kier alpha value is -0.730. The molecule has 11 heteroatoms. The number of carbonyl (C=O) groups is 1. The van der Waals surface area contributed by atoms with Crippen molar-refractivity contribution in [2.24, 2.45) is 0 Å². The average molecular weight is 342 g/mol. The molecule has 0 spiro atoms. The highest BCUT2D eigenvalue weighted by atomic mass is 16.7. The molecule has 1 aliphatic heterocycles. The van der Waals surface area contributed by atoms with Gasteiger partial charge in [0.1, 0.15) is 42.7 Å². The number of carbonyl (C=O) groups excluding carboxylic acids is 1. The van der Waals surface area contributed by atoms with Crippen molar-refractivity contribution < 1.29 is 55.1 Å². The second kappa shape index (κ2) is 8.94. The van der Waals surface area contributed by atoms with Crippen LogP contribution >= 0.6 is 0 Å². The summed E-state index contributed by atoms with van der Waals surface area (Å²) < 4.78 is 10.0. The Balaban J connectivity index is 2.91. The third-order valence-corrected chi connectivity index (χ3v) is 3.45. The molecule has 0 aromatic heterocycles. The number of ketones is 1. The normalized spacial score (nSPS) is 35.6. The number of aliphatic hydroxyl groups is 8. The Kier molecular flexibility index (Phi) is 7.89. The van der Waals surface area contributed by atoms with E-state index in [1.165, 1.54) is 0 Å². The zero-order valence-electron chi connectivity index (χ0n) is 12.0. The van der Waals surface area contributed by atoms with Crippen LogP contribution in [0.3, 0.4) is 0 Å². The van der Waals surface area contributed by atoms with Crippen molar-refractivity contribution in [3.8, 4) is 0 Å². The molecule has 8 atom stereocenters. The molecule has 0 saturated carbocycles. The van der Waals surface area contributed by atoms with Crippen molar-refractivity contribution in [3.05, 3.63) is 0 Å². The summed E-state index contributed by atoms with van der Waals surface area (Å²) in [6.45, 7) is -2.64. The minimum atomic E-state index is -1.91. The smallest absolute Gasteiger partial charge is 0.195 e. The lowest BCUT2D eigenvalue weighted by molar-refractivity contribution is -0.314. The summed E-state index contributed by atoms with van der Waals surface area (Å²) in [6.07, 6.45) is -13.9. The van der Waals surface area contributed by atoms with Crippen LogP contribution in [0, 0.1) is 0 Å². The highest BCUT2D eigenvalue weighted by Crippen LogP contribution is 2.24. The first-order chi connectivity index (χ1) is 10.8. The number of rotatable bonds is 8. The van der Waals surface area contributed by atoms with Crippen LogP contribution in [0.4, 0.5) is 0 Å². The summed E-state index contributed by atoms with van der Waals surface area (Å²) in [6, 6.07) is 0. The molecule has 0 aromatic rings. The zero-order chi connectivity index (χ0) is 17.7. The number of ether oxygens (including phenoxy) is 2. The number of hydrogen-bond donors (Lipinski definition) is 8. The number of Topliss-reactive ketones (excluding diaryl/α,β-unsaturated/α-hetero) is 1. The van der Waals surface area contributed by atoms with Gasteiger partial charge in [0, 0.05) is 0 Å². The molecule has 11 nitrogen and oxygen atoms in total. The van der Waals surface area contributed by atoms with E-state index >= 15 is 0 Å². The lowest BCUT2D eigenvalue weighted by Gasteiger charge is -2.41. The van der Waals surface area contributed by atoms with Gasteiger partial charge >= 0.3 is 0 Å². The molecule has 1 heterocycles. The van der Waals surface area contributed by atoms with Crippen molar-refractivity contribution in [2.75, 3.05) is 19.8 Å². The molecule has 0 aliphatic carbocycles. The first kappa shape index (κ1) is 20.3. The summed E-state index contributed by atoms with van der Waals surface area (Å²) in [4.78, 5) is 11.8. The Morgan fingerprint density at radius 2 is 1.61 bits per heavy atom. The van der Waals surface area contributed by atoms with Gasteiger partial charge in [0.05, 0.1) is 19.8 Å². The van der Waals surface area contributed by atoms with E-state index in [4.69, 9.17) is 24.8 Å². The molecule has 1 unspecified atom stereocenters. The predicted molar refractivity (Wildman–Crippen MR) is 69.8 cm³/mol. The fourth-order valence-corrected chi connectivity index (χ4v) is 2.05. The Labute approximate surface area is 130 Å². The third kappa shape index (κ3) is 4.64. The standard InChI is InChI=1S/C12H22O11/c13-1-4(16)7(18)11(5(17)2-14)23-12-10(21)9(20)8(19)6(3-15)22-12/h4-6,8-17,19-21H,1-3H2/t4?,5-,6-,8-,9+,10-,11-,12-/m1/s1. The maximum Gasteiger partial charge on any atom is 0.195 e. The summed E-state index contributed by atoms with van der Waals surface area (Å²) in [7, 11) is 0. The third-order valence-electron chi connectivity index (χ3n) is 3.45. The van der Waals surface area contributed by atoms with Gasteiger partial charge in [-0.15, -0.1) is 0 Å².